The summed E-state index contributed by atoms with van der Waals surface area (Å²) in [5.74, 6) is 1.66. The summed E-state index contributed by atoms with van der Waals surface area (Å²) < 4.78 is 1.81. The lowest BCUT2D eigenvalue weighted by Crippen LogP contribution is -2.30. The molecule has 2 aliphatic rings. The first-order valence-electron chi connectivity index (χ1n) is 7.40. The van der Waals surface area contributed by atoms with Gasteiger partial charge in [-0.2, -0.15) is 0 Å². The van der Waals surface area contributed by atoms with Crippen LogP contribution < -0.4 is 5.32 Å². The highest BCUT2D eigenvalue weighted by atomic mass is 15.4. The fraction of sp³-hybridized carbons (Fsp3) is 0.857. The highest BCUT2D eigenvalue weighted by Crippen LogP contribution is 2.33. The van der Waals surface area contributed by atoms with E-state index in [1.165, 1.54) is 45.1 Å². The molecule has 1 aromatic rings. The summed E-state index contributed by atoms with van der Waals surface area (Å²) in [5.41, 5.74) is 1.16. The maximum atomic E-state index is 4.25. The van der Waals surface area contributed by atoms with Crippen LogP contribution in [0.25, 0.3) is 0 Å². The van der Waals surface area contributed by atoms with Gasteiger partial charge in [-0.1, -0.05) is 30.9 Å². The van der Waals surface area contributed by atoms with Gasteiger partial charge in [0.1, 0.15) is 0 Å². The van der Waals surface area contributed by atoms with E-state index in [9.17, 15) is 0 Å². The second kappa shape index (κ2) is 5.39. The number of hydrogen-bond donors (Lipinski definition) is 1. The third kappa shape index (κ3) is 3.10. The molecule has 0 spiro atoms. The standard InChI is InChI=1S/C14H24N4/c1-18-10-14(16-17-18)8-12(9-15-13-6-7-13)11-4-2-3-5-11/h10-13,15H,2-9H2,1H3. The van der Waals surface area contributed by atoms with E-state index in [2.05, 4.69) is 21.8 Å². The minimum atomic E-state index is 0.754. The lowest BCUT2D eigenvalue weighted by Gasteiger charge is -2.23. The summed E-state index contributed by atoms with van der Waals surface area (Å²) in [6.45, 7) is 1.17. The van der Waals surface area contributed by atoms with Crippen LogP contribution in [0.3, 0.4) is 0 Å². The Morgan fingerprint density at radius 2 is 2.11 bits per heavy atom. The lowest BCUT2D eigenvalue weighted by molar-refractivity contribution is 0.318. The number of nitrogens with zero attached hydrogens (tertiary/aromatic N) is 3. The van der Waals surface area contributed by atoms with Crippen LogP contribution in [0, 0.1) is 11.8 Å². The molecular weight excluding hydrogens is 224 g/mol. The Labute approximate surface area is 109 Å². The number of rotatable bonds is 6. The van der Waals surface area contributed by atoms with E-state index >= 15 is 0 Å². The fourth-order valence-electron chi connectivity index (χ4n) is 3.20. The van der Waals surface area contributed by atoms with Gasteiger partial charge in [-0.3, -0.25) is 4.68 Å². The van der Waals surface area contributed by atoms with Crippen molar-refractivity contribution in [2.75, 3.05) is 6.54 Å². The number of hydrogen-bond acceptors (Lipinski definition) is 3. The molecular formula is C14H24N4. The Morgan fingerprint density at radius 3 is 2.72 bits per heavy atom. The van der Waals surface area contributed by atoms with E-state index in [1.807, 2.05) is 11.7 Å². The van der Waals surface area contributed by atoms with Gasteiger partial charge in [-0.05, 0) is 37.6 Å². The van der Waals surface area contributed by atoms with E-state index in [4.69, 9.17) is 0 Å². The fourth-order valence-corrected chi connectivity index (χ4v) is 3.20. The molecule has 0 aromatic carbocycles. The van der Waals surface area contributed by atoms with Crippen LogP contribution in [0.1, 0.15) is 44.2 Å². The molecule has 1 unspecified atom stereocenters. The molecule has 0 bridgehead atoms. The molecule has 1 N–H and O–H groups in total. The van der Waals surface area contributed by atoms with Crippen molar-refractivity contribution in [1.82, 2.24) is 20.3 Å². The molecule has 4 nitrogen and oxygen atoms in total. The molecule has 4 heteroatoms. The average molecular weight is 248 g/mol. The average Bonchev–Trinajstić information content (AvgIpc) is 2.86. The summed E-state index contributed by atoms with van der Waals surface area (Å²) in [6, 6.07) is 0.816. The van der Waals surface area contributed by atoms with Crippen molar-refractivity contribution in [3.05, 3.63) is 11.9 Å². The molecule has 2 saturated carbocycles. The van der Waals surface area contributed by atoms with E-state index in [0.29, 0.717) is 0 Å². The number of aryl methyl sites for hydroxylation is 1. The van der Waals surface area contributed by atoms with Gasteiger partial charge in [0.25, 0.3) is 0 Å². The van der Waals surface area contributed by atoms with E-state index in [-0.39, 0.29) is 0 Å². The van der Waals surface area contributed by atoms with Crippen molar-refractivity contribution in [2.45, 2.75) is 51.0 Å². The first-order valence-corrected chi connectivity index (χ1v) is 7.40. The van der Waals surface area contributed by atoms with Crippen LogP contribution in [-0.4, -0.2) is 27.6 Å². The van der Waals surface area contributed by atoms with Gasteiger partial charge in [0.05, 0.1) is 5.69 Å². The van der Waals surface area contributed by atoms with Crippen LogP contribution in [0.5, 0.6) is 0 Å². The first kappa shape index (κ1) is 12.2. The molecule has 2 aliphatic carbocycles. The van der Waals surface area contributed by atoms with Crippen molar-refractivity contribution >= 4 is 0 Å². The van der Waals surface area contributed by atoms with Gasteiger partial charge in [0.2, 0.25) is 0 Å². The molecule has 1 aromatic heterocycles. The molecule has 0 amide bonds. The maximum Gasteiger partial charge on any atom is 0.0830 e. The van der Waals surface area contributed by atoms with Crippen molar-refractivity contribution in [1.29, 1.82) is 0 Å². The number of aromatic nitrogens is 3. The van der Waals surface area contributed by atoms with Gasteiger partial charge in [0, 0.05) is 19.3 Å². The second-order valence-electron chi connectivity index (χ2n) is 6.07. The van der Waals surface area contributed by atoms with Crippen LogP contribution in [-0.2, 0) is 13.5 Å². The molecule has 2 fully saturated rings. The molecule has 1 heterocycles. The van der Waals surface area contributed by atoms with Crippen molar-refractivity contribution in [2.24, 2.45) is 18.9 Å². The van der Waals surface area contributed by atoms with Gasteiger partial charge in [-0.15, -0.1) is 5.10 Å². The summed E-state index contributed by atoms with van der Waals surface area (Å²) in [5, 5.41) is 12.0. The van der Waals surface area contributed by atoms with Gasteiger partial charge < -0.3 is 5.32 Å². The van der Waals surface area contributed by atoms with Gasteiger partial charge >= 0.3 is 0 Å². The van der Waals surface area contributed by atoms with Gasteiger partial charge in [-0.25, -0.2) is 0 Å². The second-order valence-corrected chi connectivity index (χ2v) is 6.07. The highest BCUT2D eigenvalue weighted by molar-refractivity contribution is 4.96. The third-order valence-electron chi connectivity index (χ3n) is 4.43. The van der Waals surface area contributed by atoms with E-state index < -0.39 is 0 Å². The van der Waals surface area contributed by atoms with Crippen molar-refractivity contribution in [3.8, 4) is 0 Å². The summed E-state index contributed by atoms with van der Waals surface area (Å²) >= 11 is 0. The van der Waals surface area contributed by atoms with Crippen LogP contribution >= 0.6 is 0 Å². The Balaban J connectivity index is 1.59. The monoisotopic (exact) mass is 248 g/mol. The Morgan fingerprint density at radius 1 is 1.33 bits per heavy atom. The summed E-state index contributed by atoms with van der Waals surface area (Å²) in [4.78, 5) is 0. The van der Waals surface area contributed by atoms with Gasteiger partial charge in [0.15, 0.2) is 0 Å². The maximum absolute atomic E-state index is 4.25. The predicted octanol–water partition coefficient (Wildman–Crippen LogP) is 1.92. The molecule has 100 valence electrons. The molecule has 0 saturated heterocycles. The minimum absolute atomic E-state index is 0.754. The normalized spacial score (nSPS) is 22.5. The minimum Gasteiger partial charge on any atom is -0.314 e. The summed E-state index contributed by atoms with van der Waals surface area (Å²) in [6.07, 6.45) is 11.6. The molecule has 0 aliphatic heterocycles. The van der Waals surface area contributed by atoms with E-state index in [0.717, 1.165) is 30.0 Å². The zero-order valence-corrected chi connectivity index (χ0v) is 11.3. The molecule has 18 heavy (non-hydrogen) atoms. The molecule has 3 rings (SSSR count). The van der Waals surface area contributed by atoms with Crippen molar-refractivity contribution < 1.29 is 0 Å². The Bertz CT molecular complexity index is 377. The third-order valence-corrected chi connectivity index (χ3v) is 4.43. The smallest absolute Gasteiger partial charge is 0.0830 e. The zero-order chi connectivity index (χ0) is 12.4. The van der Waals surface area contributed by atoms with Crippen molar-refractivity contribution in [3.63, 3.8) is 0 Å². The predicted molar refractivity (Wildman–Crippen MR) is 71.2 cm³/mol. The van der Waals surface area contributed by atoms with Crippen LogP contribution in [0.2, 0.25) is 0 Å². The lowest BCUT2D eigenvalue weighted by atomic mass is 9.87. The van der Waals surface area contributed by atoms with Crippen LogP contribution in [0.15, 0.2) is 6.20 Å². The number of nitrogens with one attached hydrogen (secondary N) is 1. The Kier molecular flexibility index (Phi) is 3.64. The Hall–Kier alpha value is -0.900. The topological polar surface area (TPSA) is 42.7 Å². The van der Waals surface area contributed by atoms with E-state index in [1.54, 1.807) is 0 Å². The molecule has 1 atom stereocenters. The molecule has 0 radical (unpaired) electrons. The van der Waals surface area contributed by atoms with Crippen LogP contribution in [0.4, 0.5) is 0 Å². The first-order chi connectivity index (χ1) is 8.81. The SMILES string of the molecule is Cn1cc(CC(CNC2CC2)C2CCCC2)nn1. The highest BCUT2D eigenvalue weighted by Gasteiger charge is 2.28. The summed E-state index contributed by atoms with van der Waals surface area (Å²) in [7, 11) is 1.95. The largest absolute Gasteiger partial charge is 0.314 e. The zero-order valence-electron chi connectivity index (χ0n) is 11.3. The quantitative estimate of drug-likeness (QED) is 0.836.